The fourth-order valence-corrected chi connectivity index (χ4v) is 1.90. The highest BCUT2D eigenvalue weighted by molar-refractivity contribution is 5.86. The van der Waals surface area contributed by atoms with Crippen molar-refractivity contribution in [3.8, 4) is 5.75 Å². The third kappa shape index (κ3) is 3.95. The number of ether oxygens (including phenoxy) is 1. The van der Waals surface area contributed by atoms with Crippen molar-refractivity contribution in [3.05, 3.63) is 42.5 Å². The van der Waals surface area contributed by atoms with E-state index >= 15 is 0 Å². The number of fused-ring (bicyclic) bond motifs is 1. The number of amides is 2. The van der Waals surface area contributed by atoms with Crippen molar-refractivity contribution in [2.75, 3.05) is 27.2 Å². The molecule has 0 aliphatic rings. The number of carbonyl (C=O) groups is 2. The van der Waals surface area contributed by atoms with Gasteiger partial charge in [-0.3, -0.25) is 9.59 Å². The molecule has 1 N–H and O–H groups in total. The van der Waals surface area contributed by atoms with Crippen molar-refractivity contribution in [2.24, 2.45) is 0 Å². The van der Waals surface area contributed by atoms with E-state index in [0.717, 1.165) is 10.8 Å². The largest absolute Gasteiger partial charge is 0.484 e. The summed E-state index contributed by atoms with van der Waals surface area (Å²) in [6.45, 7) is -0.0672. The molecule has 0 radical (unpaired) electrons. The standard InChI is InChI=1S/C16H18N2O3/c1-17-15(19)10-18(2)16(20)11-21-14-8-7-12-5-3-4-6-13(12)9-14/h3-9H,10-11H2,1-2H3,(H,17,19). The normalized spacial score (nSPS) is 10.2. The quantitative estimate of drug-likeness (QED) is 0.904. The van der Waals surface area contributed by atoms with Gasteiger partial charge in [-0.15, -0.1) is 0 Å². The lowest BCUT2D eigenvalue weighted by molar-refractivity contribution is -0.136. The van der Waals surface area contributed by atoms with Crippen molar-refractivity contribution in [2.45, 2.75) is 0 Å². The number of rotatable bonds is 5. The zero-order valence-corrected chi connectivity index (χ0v) is 12.1. The summed E-state index contributed by atoms with van der Waals surface area (Å²) in [6, 6.07) is 13.6. The van der Waals surface area contributed by atoms with Crippen LogP contribution in [0.4, 0.5) is 0 Å². The Kier molecular flexibility index (Phi) is 4.77. The molecule has 110 valence electrons. The zero-order chi connectivity index (χ0) is 15.2. The van der Waals surface area contributed by atoms with E-state index in [0.29, 0.717) is 5.75 Å². The Hall–Kier alpha value is -2.56. The number of likely N-dealkylation sites (N-methyl/N-ethyl adjacent to an activating group) is 2. The molecule has 0 spiro atoms. The van der Waals surface area contributed by atoms with Gasteiger partial charge in [0.15, 0.2) is 6.61 Å². The molecule has 0 saturated heterocycles. The predicted octanol–water partition coefficient (Wildman–Crippen LogP) is 1.42. The summed E-state index contributed by atoms with van der Waals surface area (Å²) in [5, 5.41) is 4.65. The summed E-state index contributed by atoms with van der Waals surface area (Å²) in [6.07, 6.45) is 0. The second-order valence-corrected chi connectivity index (χ2v) is 4.72. The molecule has 0 aliphatic carbocycles. The molecule has 0 unspecified atom stereocenters. The second-order valence-electron chi connectivity index (χ2n) is 4.72. The van der Waals surface area contributed by atoms with E-state index in [-0.39, 0.29) is 25.0 Å². The summed E-state index contributed by atoms with van der Waals surface area (Å²) in [5.41, 5.74) is 0. The van der Waals surface area contributed by atoms with Crippen LogP contribution in [0.2, 0.25) is 0 Å². The number of nitrogens with zero attached hydrogens (tertiary/aromatic N) is 1. The lowest BCUT2D eigenvalue weighted by Gasteiger charge is -2.16. The Bertz CT molecular complexity index is 655. The monoisotopic (exact) mass is 286 g/mol. The molecule has 0 saturated carbocycles. The highest BCUT2D eigenvalue weighted by atomic mass is 16.5. The number of benzene rings is 2. The Morgan fingerprint density at radius 3 is 2.57 bits per heavy atom. The van der Waals surface area contributed by atoms with Gasteiger partial charge in [0.1, 0.15) is 5.75 Å². The molecule has 2 aromatic carbocycles. The van der Waals surface area contributed by atoms with Gasteiger partial charge in [0.25, 0.3) is 5.91 Å². The molecule has 2 aromatic rings. The summed E-state index contributed by atoms with van der Waals surface area (Å²) in [7, 11) is 3.10. The van der Waals surface area contributed by atoms with Gasteiger partial charge in [0.05, 0.1) is 6.54 Å². The predicted molar refractivity (Wildman–Crippen MR) is 81.1 cm³/mol. The van der Waals surface area contributed by atoms with Crippen molar-refractivity contribution >= 4 is 22.6 Å². The number of hydrogen-bond donors (Lipinski definition) is 1. The first kappa shape index (κ1) is 14.8. The fourth-order valence-electron chi connectivity index (χ4n) is 1.90. The SMILES string of the molecule is CNC(=O)CN(C)C(=O)COc1ccc2ccccc2c1. The molecule has 5 nitrogen and oxygen atoms in total. The van der Waals surface area contributed by atoms with Crippen molar-refractivity contribution in [1.82, 2.24) is 10.2 Å². The lowest BCUT2D eigenvalue weighted by Crippen LogP contribution is -2.39. The van der Waals surface area contributed by atoms with Crippen LogP contribution in [0.15, 0.2) is 42.5 Å². The minimum absolute atomic E-state index is 0.0242. The maximum absolute atomic E-state index is 11.9. The van der Waals surface area contributed by atoms with Gasteiger partial charge >= 0.3 is 0 Å². The van der Waals surface area contributed by atoms with Crippen molar-refractivity contribution < 1.29 is 14.3 Å². The average Bonchev–Trinajstić information content (AvgIpc) is 2.52. The van der Waals surface area contributed by atoms with E-state index in [1.807, 2.05) is 42.5 Å². The van der Waals surface area contributed by atoms with E-state index in [4.69, 9.17) is 4.74 Å². The topological polar surface area (TPSA) is 58.6 Å². The number of hydrogen-bond acceptors (Lipinski definition) is 3. The lowest BCUT2D eigenvalue weighted by atomic mass is 10.1. The third-order valence-electron chi connectivity index (χ3n) is 3.17. The van der Waals surface area contributed by atoms with Crippen LogP contribution in [0, 0.1) is 0 Å². The molecule has 5 heteroatoms. The Labute approximate surface area is 123 Å². The van der Waals surface area contributed by atoms with Gasteiger partial charge in [0.2, 0.25) is 5.91 Å². The molecule has 0 fully saturated rings. The molecule has 2 rings (SSSR count). The van der Waals surface area contributed by atoms with Gasteiger partial charge in [-0.05, 0) is 22.9 Å². The molecule has 0 aromatic heterocycles. The second kappa shape index (κ2) is 6.74. The van der Waals surface area contributed by atoms with Crippen molar-refractivity contribution in [3.63, 3.8) is 0 Å². The van der Waals surface area contributed by atoms with E-state index in [9.17, 15) is 9.59 Å². The first-order valence-electron chi connectivity index (χ1n) is 6.66. The van der Waals surface area contributed by atoms with Crippen LogP contribution in [0.3, 0.4) is 0 Å². The van der Waals surface area contributed by atoms with Gasteiger partial charge in [0, 0.05) is 14.1 Å². The van der Waals surface area contributed by atoms with Crippen LogP contribution in [-0.2, 0) is 9.59 Å². The van der Waals surface area contributed by atoms with E-state index in [1.54, 1.807) is 7.05 Å². The average molecular weight is 286 g/mol. The summed E-state index contributed by atoms with van der Waals surface area (Å²) < 4.78 is 5.49. The molecule has 2 amide bonds. The third-order valence-corrected chi connectivity index (χ3v) is 3.17. The van der Waals surface area contributed by atoms with Crippen molar-refractivity contribution in [1.29, 1.82) is 0 Å². The van der Waals surface area contributed by atoms with Crippen LogP contribution in [-0.4, -0.2) is 44.0 Å². The zero-order valence-electron chi connectivity index (χ0n) is 12.1. The van der Waals surface area contributed by atoms with Crippen LogP contribution in [0.25, 0.3) is 10.8 Å². The minimum atomic E-state index is -0.244. The van der Waals surface area contributed by atoms with E-state index in [1.165, 1.54) is 11.9 Å². The van der Waals surface area contributed by atoms with Gasteiger partial charge < -0.3 is 15.0 Å². The summed E-state index contributed by atoms with van der Waals surface area (Å²) in [5.74, 6) is 0.179. The van der Waals surface area contributed by atoms with E-state index < -0.39 is 0 Å². The van der Waals surface area contributed by atoms with Gasteiger partial charge in [-0.25, -0.2) is 0 Å². The smallest absolute Gasteiger partial charge is 0.260 e. The highest BCUT2D eigenvalue weighted by Crippen LogP contribution is 2.20. The molecule has 0 heterocycles. The first-order chi connectivity index (χ1) is 10.1. The minimum Gasteiger partial charge on any atom is -0.484 e. The number of nitrogens with one attached hydrogen (secondary N) is 1. The molecule has 0 aliphatic heterocycles. The Morgan fingerprint density at radius 1 is 1.14 bits per heavy atom. The fraction of sp³-hybridized carbons (Fsp3) is 0.250. The van der Waals surface area contributed by atoms with Crippen LogP contribution in [0.5, 0.6) is 5.75 Å². The summed E-state index contributed by atoms with van der Waals surface area (Å²) in [4.78, 5) is 24.4. The van der Waals surface area contributed by atoms with Crippen LogP contribution >= 0.6 is 0 Å². The maximum atomic E-state index is 11.9. The molecule has 0 bridgehead atoms. The molecular weight excluding hydrogens is 268 g/mol. The van der Waals surface area contributed by atoms with Gasteiger partial charge in [-0.2, -0.15) is 0 Å². The summed E-state index contributed by atoms with van der Waals surface area (Å²) >= 11 is 0. The Morgan fingerprint density at radius 2 is 1.86 bits per heavy atom. The van der Waals surface area contributed by atoms with Gasteiger partial charge in [-0.1, -0.05) is 30.3 Å². The van der Waals surface area contributed by atoms with Crippen LogP contribution < -0.4 is 10.1 Å². The first-order valence-corrected chi connectivity index (χ1v) is 6.66. The Balaban J connectivity index is 1.94. The van der Waals surface area contributed by atoms with Crippen LogP contribution in [0.1, 0.15) is 0 Å². The number of carbonyl (C=O) groups excluding carboxylic acids is 2. The van der Waals surface area contributed by atoms with E-state index in [2.05, 4.69) is 5.32 Å². The maximum Gasteiger partial charge on any atom is 0.260 e. The highest BCUT2D eigenvalue weighted by Gasteiger charge is 2.12. The molecule has 0 atom stereocenters. The molecule has 21 heavy (non-hydrogen) atoms. The molecular formula is C16H18N2O3.